The maximum atomic E-state index is 12.8. The van der Waals surface area contributed by atoms with Gasteiger partial charge in [-0.15, -0.1) is 0 Å². The zero-order valence-corrected chi connectivity index (χ0v) is 17.7. The average molecular weight is 436 g/mol. The lowest BCUT2D eigenvalue weighted by Crippen LogP contribution is -2.50. The fraction of sp³-hybridized carbons (Fsp3) is 0.318. The molecule has 2 aromatic heterocycles. The van der Waals surface area contributed by atoms with Gasteiger partial charge in [-0.3, -0.25) is 9.59 Å². The van der Waals surface area contributed by atoms with E-state index in [9.17, 15) is 19.8 Å². The van der Waals surface area contributed by atoms with E-state index < -0.39 is 30.1 Å². The molecule has 0 radical (unpaired) electrons. The summed E-state index contributed by atoms with van der Waals surface area (Å²) < 4.78 is 1.71. The molecule has 0 fully saturated rings. The smallest absolute Gasteiger partial charge is 0.255 e. The molecule has 3 heterocycles. The van der Waals surface area contributed by atoms with Gasteiger partial charge in [-0.05, 0) is 37.6 Å². The Morgan fingerprint density at radius 2 is 1.94 bits per heavy atom. The summed E-state index contributed by atoms with van der Waals surface area (Å²) in [5.74, 6) is -1.58. The SMILES string of the molecule is CC1c2cncnc2CN1C(=O)[C@H](O)[C@@H](O)C(=O)N[C@H](C)c1ccc(-n2cccn2)cc1. The monoisotopic (exact) mass is 436 g/mol. The second-order valence-electron chi connectivity index (χ2n) is 7.73. The van der Waals surface area contributed by atoms with Crippen LogP contribution >= 0.6 is 0 Å². The van der Waals surface area contributed by atoms with Crippen LogP contribution in [0.4, 0.5) is 0 Å². The molecule has 166 valence electrons. The minimum absolute atomic E-state index is 0.183. The second kappa shape index (κ2) is 8.85. The third-order valence-electron chi connectivity index (χ3n) is 5.69. The van der Waals surface area contributed by atoms with Crippen molar-refractivity contribution in [1.29, 1.82) is 0 Å². The Balaban J connectivity index is 1.37. The molecule has 32 heavy (non-hydrogen) atoms. The van der Waals surface area contributed by atoms with Gasteiger partial charge >= 0.3 is 0 Å². The van der Waals surface area contributed by atoms with E-state index in [1.165, 1.54) is 11.2 Å². The van der Waals surface area contributed by atoms with Crippen LogP contribution in [0.15, 0.2) is 55.2 Å². The highest BCUT2D eigenvalue weighted by Gasteiger charge is 2.39. The van der Waals surface area contributed by atoms with E-state index in [-0.39, 0.29) is 12.6 Å². The van der Waals surface area contributed by atoms with Gasteiger partial charge in [-0.1, -0.05) is 12.1 Å². The van der Waals surface area contributed by atoms with Crippen molar-refractivity contribution in [2.45, 2.75) is 44.7 Å². The second-order valence-corrected chi connectivity index (χ2v) is 7.73. The average Bonchev–Trinajstić information content (AvgIpc) is 3.46. The summed E-state index contributed by atoms with van der Waals surface area (Å²) in [4.78, 5) is 34.7. The van der Waals surface area contributed by atoms with E-state index in [0.29, 0.717) is 5.69 Å². The number of nitrogens with one attached hydrogen (secondary N) is 1. The lowest BCUT2D eigenvalue weighted by atomic mass is 10.1. The highest BCUT2D eigenvalue weighted by atomic mass is 16.3. The molecule has 3 N–H and O–H groups in total. The van der Waals surface area contributed by atoms with Crippen molar-refractivity contribution in [2.75, 3.05) is 0 Å². The van der Waals surface area contributed by atoms with Crippen molar-refractivity contribution in [3.8, 4) is 5.69 Å². The number of benzene rings is 1. The fourth-order valence-corrected chi connectivity index (χ4v) is 3.75. The molecule has 2 amide bonds. The van der Waals surface area contributed by atoms with Crippen molar-refractivity contribution in [2.24, 2.45) is 0 Å². The summed E-state index contributed by atoms with van der Waals surface area (Å²) in [6.45, 7) is 3.71. The summed E-state index contributed by atoms with van der Waals surface area (Å²) >= 11 is 0. The molecule has 0 aliphatic carbocycles. The number of aliphatic hydroxyl groups is 2. The van der Waals surface area contributed by atoms with Gasteiger partial charge in [0.25, 0.3) is 11.8 Å². The Morgan fingerprint density at radius 3 is 2.59 bits per heavy atom. The number of nitrogens with zero attached hydrogens (tertiary/aromatic N) is 5. The van der Waals surface area contributed by atoms with Crippen molar-refractivity contribution in [3.05, 3.63) is 72.1 Å². The van der Waals surface area contributed by atoms with E-state index in [4.69, 9.17) is 0 Å². The topological polar surface area (TPSA) is 133 Å². The molecule has 10 nitrogen and oxygen atoms in total. The summed E-state index contributed by atoms with van der Waals surface area (Å²) in [6.07, 6.45) is 2.71. The van der Waals surface area contributed by atoms with Crippen LogP contribution in [0, 0.1) is 0 Å². The van der Waals surface area contributed by atoms with Crippen molar-refractivity contribution in [1.82, 2.24) is 30.0 Å². The molecule has 3 aromatic rings. The number of carbonyl (C=O) groups is 2. The largest absolute Gasteiger partial charge is 0.380 e. The van der Waals surface area contributed by atoms with E-state index in [1.807, 2.05) is 36.5 Å². The molecule has 0 spiro atoms. The number of aromatic nitrogens is 4. The van der Waals surface area contributed by atoms with E-state index in [0.717, 1.165) is 16.8 Å². The first-order valence-corrected chi connectivity index (χ1v) is 10.2. The molecule has 1 aliphatic heterocycles. The lowest BCUT2D eigenvalue weighted by molar-refractivity contribution is -0.155. The van der Waals surface area contributed by atoms with Crippen LogP contribution in [0.5, 0.6) is 0 Å². The van der Waals surface area contributed by atoms with Crippen molar-refractivity contribution >= 4 is 11.8 Å². The van der Waals surface area contributed by atoms with Gasteiger partial charge in [0.2, 0.25) is 0 Å². The van der Waals surface area contributed by atoms with Gasteiger partial charge < -0.3 is 20.4 Å². The van der Waals surface area contributed by atoms with Gasteiger partial charge in [0, 0.05) is 24.2 Å². The van der Waals surface area contributed by atoms with Gasteiger partial charge in [-0.25, -0.2) is 14.6 Å². The maximum absolute atomic E-state index is 12.8. The Kier molecular flexibility index (Phi) is 5.97. The Hall–Kier alpha value is -3.63. The third kappa shape index (κ3) is 4.10. The molecule has 1 unspecified atom stereocenters. The van der Waals surface area contributed by atoms with E-state index in [2.05, 4.69) is 20.4 Å². The summed E-state index contributed by atoms with van der Waals surface area (Å²) in [5, 5.41) is 27.5. The van der Waals surface area contributed by atoms with Gasteiger partial charge in [0.15, 0.2) is 12.2 Å². The van der Waals surface area contributed by atoms with Crippen LogP contribution in [0.25, 0.3) is 5.69 Å². The predicted octanol–water partition coefficient (Wildman–Crippen LogP) is 0.665. The molecule has 4 atom stereocenters. The number of carbonyl (C=O) groups excluding carboxylic acids is 2. The molecule has 0 saturated heterocycles. The number of fused-ring (bicyclic) bond motifs is 1. The molecule has 1 aliphatic rings. The normalized spacial score (nSPS) is 18.0. The number of rotatable bonds is 6. The molecular weight excluding hydrogens is 412 g/mol. The summed E-state index contributed by atoms with van der Waals surface area (Å²) in [7, 11) is 0. The van der Waals surface area contributed by atoms with E-state index >= 15 is 0 Å². The van der Waals surface area contributed by atoms with Gasteiger partial charge in [0.1, 0.15) is 6.33 Å². The number of amides is 2. The van der Waals surface area contributed by atoms with Crippen molar-refractivity contribution in [3.63, 3.8) is 0 Å². The quantitative estimate of drug-likeness (QED) is 0.517. The molecule has 0 bridgehead atoms. The number of hydrogen-bond acceptors (Lipinski definition) is 7. The minimum Gasteiger partial charge on any atom is -0.380 e. The minimum atomic E-state index is -1.91. The zero-order valence-electron chi connectivity index (χ0n) is 17.7. The first-order chi connectivity index (χ1) is 15.4. The first-order valence-electron chi connectivity index (χ1n) is 10.2. The highest BCUT2D eigenvalue weighted by Crippen LogP contribution is 2.31. The third-order valence-corrected chi connectivity index (χ3v) is 5.69. The van der Waals surface area contributed by atoms with Crippen LogP contribution < -0.4 is 5.32 Å². The predicted molar refractivity (Wildman–Crippen MR) is 113 cm³/mol. The molecule has 1 aromatic carbocycles. The molecule has 4 rings (SSSR count). The Labute approximate surface area is 184 Å². The summed E-state index contributed by atoms with van der Waals surface area (Å²) in [6, 6.07) is 8.39. The number of hydrogen-bond donors (Lipinski definition) is 3. The molecule has 10 heteroatoms. The highest BCUT2D eigenvalue weighted by molar-refractivity contribution is 5.91. The van der Waals surface area contributed by atoms with Crippen LogP contribution in [-0.2, 0) is 16.1 Å². The fourth-order valence-electron chi connectivity index (χ4n) is 3.75. The van der Waals surface area contributed by atoms with Gasteiger partial charge in [0.05, 0.1) is 30.0 Å². The molecular formula is C22H24N6O4. The van der Waals surface area contributed by atoms with Gasteiger partial charge in [-0.2, -0.15) is 5.10 Å². The van der Waals surface area contributed by atoms with E-state index in [1.54, 1.807) is 30.9 Å². The first kappa shape index (κ1) is 21.6. The van der Waals surface area contributed by atoms with Crippen molar-refractivity contribution < 1.29 is 19.8 Å². The standard InChI is InChI=1S/C22H24N6O4/c1-13(15-4-6-16(7-5-15)28-9-3-8-25-28)26-21(31)19(29)20(30)22(32)27-11-18-17(14(27)2)10-23-12-24-18/h3-10,12-14,19-20,29-30H,11H2,1-2H3,(H,26,31)/t13-,14?,19-,20-/m1/s1. The maximum Gasteiger partial charge on any atom is 0.255 e. The van der Waals surface area contributed by atoms with Crippen LogP contribution in [-0.4, -0.2) is 58.9 Å². The lowest BCUT2D eigenvalue weighted by Gasteiger charge is -2.27. The number of aliphatic hydroxyl groups excluding tert-OH is 2. The van der Waals surface area contributed by atoms with Crippen LogP contribution in [0.3, 0.4) is 0 Å². The Bertz CT molecular complexity index is 1100. The summed E-state index contributed by atoms with van der Waals surface area (Å²) in [5.41, 5.74) is 3.12. The van der Waals surface area contributed by atoms with Crippen LogP contribution in [0.2, 0.25) is 0 Å². The Morgan fingerprint density at radius 1 is 1.19 bits per heavy atom. The van der Waals surface area contributed by atoms with Crippen LogP contribution in [0.1, 0.15) is 42.8 Å². The molecule has 0 saturated carbocycles. The zero-order chi connectivity index (χ0) is 22.8.